The Labute approximate surface area is 174 Å². The molecule has 0 saturated carbocycles. The maximum Gasteiger partial charge on any atom is 0.300 e. The molecule has 0 aliphatic carbocycles. The van der Waals surface area contributed by atoms with Crippen molar-refractivity contribution in [1.29, 1.82) is 0 Å². The first-order chi connectivity index (χ1) is 14.5. The van der Waals surface area contributed by atoms with Gasteiger partial charge in [0.2, 0.25) is 5.91 Å². The molecule has 7 nitrogen and oxygen atoms in total. The predicted molar refractivity (Wildman–Crippen MR) is 114 cm³/mol. The van der Waals surface area contributed by atoms with Crippen molar-refractivity contribution in [3.63, 3.8) is 0 Å². The second kappa shape index (κ2) is 8.13. The molecule has 0 atom stereocenters. The number of aromatic nitrogens is 2. The highest BCUT2D eigenvalue weighted by Crippen LogP contribution is 2.30. The van der Waals surface area contributed by atoms with E-state index < -0.39 is 0 Å². The van der Waals surface area contributed by atoms with Gasteiger partial charge in [-0.25, -0.2) is 0 Å². The van der Waals surface area contributed by atoms with Crippen molar-refractivity contribution in [2.75, 3.05) is 10.6 Å². The van der Waals surface area contributed by atoms with Gasteiger partial charge in [-0.2, -0.15) is 5.10 Å². The fourth-order valence-electron chi connectivity index (χ4n) is 3.30. The van der Waals surface area contributed by atoms with E-state index in [2.05, 4.69) is 22.5 Å². The van der Waals surface area contributed by atoms with Crippen molar-refractivity contribution in [1.82, 2.24) is 9.78 Å². The number of hydrogen-bond acceptors (Lipinski definition) is 4. The largest absolute Gasteiger partial charge is 0.487 e. The molecule has 1 aromatic heterocycles. The highest BCUT2D eigenvalue weighted by molar-refractivity contribution is 6.04. The molecular formula is C23H20N4O3. The lowest BCUT2D eigenvalue weighted by Crippen LogP contribution is -2.08. The number of amides is 2. The Morgan fingerprint density at radius 1 is 1.10 bits per heavy atom. The molecule has 2 aromatic carbocycles. The first-order valence-electron chi connectivity index (χ1n) is 9.46. The number of anilines is 2. The lowest BCUT2D eigenvalue weighted by Gasteiger charge is -2.09. The third kappa shape index (κ3) is 4.18. The van der Waals surface area contributed by atoms with Gasteiger partial charge in [-0.15, -0.1) is 0 Å². The summed E-state index contributed by atoms with van der Waals surface area (Å²) in [6.07, 6.45) is 0. The summed E-state index contributed by atoms with van der Waals surface area (Å²) in [6.45, 7) is 4.02. The van der Waals surface area contributed by atoms with Crippen LogP contribution in [0.1, 0.15) is 25.1 Å². The number of hydrogen-bond donors (Lipinski definition) is 2. The molecule has 2 heterocycles. The number of carbonyl (C=O) groups excluding carboxylic acids is 2. The summed E-state index contributed by atoms with van der Waals surface area (Å²) in [6, 6.07) is 15.1. The van der Waals surface area contributed by atoms with Gasteiger partial charge in [0.25, 0.3) is 5.91 Å². The zero-order valence-corrected chi connectivity index (χ0v) is 16.7. The number of carbonyl (C=O) groups is 2. The molecule has 0 spiro atoms. The van der Waals surface area contributed by atoms with Crippen LogP contribution in [0.5, 0.6) is 5.75 Å². The van der Waals surface area contributed by atoms with Crippen LogP contribution in [-0.4, -0.2) is 21.6 Å². The average molecular weight is 400 g/mol. The van der Waals surface area contributed by atoms with Crippen molar-refractivity contribution in [2.45, 2.75) is 27.0 Å². The average Bonchev–Trinajstić information content (AvgIpc) is 3.03. The van der Waals surface area contributed by atoms with Crippen LogP contribution in [0.3, 0.4) is 0 Å². The number of rotatable bonds is 3. The first-order valence-corrected chi connectivity index (χ1v) is 9.46. The van der Waals surface area contributed by atoms with Crippen molar-refractivity contribution in [3.05, 3.63) is 59.8 Å². The van der Waals surface area contributed by atoms with Gasteiger partial charge in [-0.05, 0) is 37.1 Å². The third-order valence-electron chi connectivity index (χ3n) is 4.60. The Balaban J connectivity index is 1.58. The molecule has 4 rings (SSSR count). The molecule has 0 bridgehead atoms. The highest BCUT2D eigenvalue weighted by atomic mass is 16.5. The number of ether oxygens (including phenoxy) is 1. The topological polar surface area (TPSA) is 85.3 Å². The lowest BCUT2D eigenvalue weighted by atomic mass is 10.1. The van der Waals surface area contributed by atoms with E-state index in [4.69, 9.17) is 9.84 Å². The summed E-state index contributed by atoms with van der Waals surface area (Å²) in [7, 11) is 0. The van der Waals surface area contributed by atoms with Crippen molar-refractivity contribution in [2.24, 2.45) is 0 Å². The molecule has 30 heavy (non-hydrogen) atoms. The van der Waals surface area contributed by atoms with E-state index in [1.165, 1.54) is 6.92 Å². The van der Waals surface area contributed by atoms with Crippen molar-refractivity contribution in [3.8, 4) is 28.8 Å². The normalized spacial score (nSPS) is 11.7. The second-order valence-corrected chi connectivity index (χ2v) is 6.88. The Morgan fingerprint density at radius 2 is 1.93 bits per heavy atom. The molecule has 2 amide bonds. The molecule has 1 aliphatic rings. The maximum absolute atomic E-state index is 11.7. The standard InChI is InChI=1S/C23H20N4O3/c1-3-5-23(29)25-18-7-4-6-16(10-18)21-12-20-14-30-22-11-19(24-15(2)28)9-8-17(22)13-27(20)26-21/h4,6-12H,13-14H2,1-2H3,(H,24,28)(H,25,29). The number of benzene rings is 2. The van der Waals surface area contributed by atoms with Crippen molar-refractivity contribution < 1.29 is 14.3 Å². The SMILES string of the molecule is CC#CC(=O)Nc1cccc(-c2cc3n(n2)Cc2ccc(NC(C)=O)cc2OC3)c1. The lowest BCUT2D eigenvalue weighted by molar-refractivity contribution is -0.114. The van der Waals surface area contributed by atoms with Crippen LogP contribution in [0.15, 0.2) is 48.5 Å². The van der Waals surface area contributed by atoms with Crippen LogP contribution in [0.25, 0.3) is 11.3 Å². The molecule has 0 radical (unpaired) electrons. The van der Waals surface area contributed by atoms with Crippen LogP contribution >= 0.6 is 0 Å². The van der Waals surface area contributed by atoms with Crippen LogP contribution in [0, 0.1) is 11.8 Å². The Bertz CT molecular complexity index is 1200. The van der Waals surface area contributed by atoms with Crippen LogP contribution in [-0.2, 0) is 22.7 Å². The Morgan fingerprint density at radius 3 is 2.73 bits per heavy atom. The molecule has 2 N–H and O–H groups in total. The van der Waals surface area contributed by atoms with E-state index >= 15 is 0 Å². The van der Waals surface area contributed by atoms with Crippen LogP contribution in [0.4, 0.5) is 11.4 Å². The van der Waals surface area contributed by atoms with Crippen LogP contribution < -0.4 is 15.4 Å². The number of nitrogens with zero attached hydrogens (tertiary/aromatic N) is 2. The molecule has 3 aromatic rings. The predicted octanol–water partition coefficient (Wildman–Crippen LogP) is 3.41. The van der Waals surface area contributed by atoms with E-state index in [1.807, 2.05) is 53.2 Å². The first kappa shape index (κ1) is 19.3. The molecular weight excluding hydrogens is 380 g/mol. The van der Waals surface area contributed by atoms with Crippen LogP contribution in [0.2, 0.25) is 0 Å². The van der Waals surface area contributed by atoms with Gasteiger partial charge in [0.05, 0.1) is 17.9 Å². The zero-order chi connectivity index (χ0) is 21.1. The van der Waals surface area contributed by atoms with Gasteiger partial charge < -0.3 is 15.4 Å². The molecule has 0 fully saturated rings. The van der Waals surface area contributed by atoms with E-state index in [1.54, 1.807) is 6.92 Å². The minimum Gasteiger partial charge on any atom is -0.487 e. The number of fused-ring (bicyclic) bond motifs is 2. The molecule has 1 aliphatic heterocycles. The van der Waals surface area contributed by atoms with Crippen molar-refractivity contribution >= 4 is 23.2 Å². The Kier molecular flexibility index (Phi) is 5.22. The van der Waals surface area contributed by atoms with Gasteiger partial charge in [-0.1, -0.05) is 24.1 Å². The van der Waals surface area contributed by atoms with E-state index in [0.29, 0.717) is 24.5 Å². The summed E-state index contributed by atoms with van der Waals surface area (Å²) in [5.74, 6) is 5.31. The fraction of sp³-hybridized carbons (Fsp3) is 0.174. The van der Waals surface area contributed by atoms with Gasteiger partial charge in [0.15, 0.2) is 0 Å². The minimum absolute atomic E-state index is 0.124. The van der Waals surface area contributed by atoms with Gasteiger partial charge >= 0.3 is 0 Å². The smallest absolute Gasteiger partial charge is 0.300 e. The second-order valence-electron chi connectivity index (χ2n) is 6.88. The third-order valence-corrected chi connectivity index (χ3v) is 4.60. The Hall–Kier alpha value is -4.05. The quantitative estimate of drug-likeness (QED) is 0.660. The molecule has 0 unspecified atom stereocenters. The fourth-order valence-corrected chi connectivity index (χ4v) is 3.30. The highest BCUT2D eigenvalue weighted by Gasteiger charge is 2.18. The van der Waals surface area contributed by atoms with Gasteiger partial charge in [0, 0.05) is 35.5 Å². The van der Waals surface area contributed by atoms with E-state index in [0.717, 1.165) is 28.3 Å². The van der Waals surface area contributed by atoms with Gasteiger partial charge in [0.1, 0.15) is 12.4 Å². The monoisotopic (exact) mass is 400 g/mol. The van der Waals surface area contributed by atoms with Gasteiger partial charge in [-0.3, -0.25) is 14.3 Å². The maximum atomic E-state index is 11.7. The zero-order valence-electron chi connectivity index (χ0n) is 16.7. The summed E-state index contributed by atoms with van der Waals surface area (Å²) in [4.78, 5) is 23.0. The molecule has 0 saturated heterocycles. The summed E-state index contributed by atoms with van der Waals surface area (Å²) in [5.41, 5.74) is 4.97. The molecule has 150 valence electrons. The minimum atomic E-state index is -0.348. The summed E-state index contributed by atoms with van der Waals surface area (Å²) >= 11 is 0. The van der Waals surface area contributed by atoms with E-state index in [-0.39, 0.29) is 11.8 Å². The molecule has 7 heteroatoms. The summed E-state index contributed by atoms with van der Waals surface area (Å²) < 4.78 is 7.88. The van der Waals surface area contributed by atoms with E-state index in [9.17, 15) is 9.59 Å². The number of nitrogens with one attached hydrogen (secondary N) is 2. The summed E-state index contributed by atoms with van der Waals surface area (Å²) in [5, 5.41) is 10.3.